The first-order valence-corrected chi connectivity index (χ1v) is 8.59. The number of pyridine rings is 1. The van der Waals surface area contributed by atoms with Crippen LogP contribution in [0.3, 0.4) is 0 Å². The second kappa shape index (κ2) is 7.81. The fourth-order valence-corrected chi connectivity index (χ4v) is 3.31. The minimum absolute atomic E-state index is 0.225. The van der Waals surface area contributed by atoms with Crippen molar-refractivity contribution in [3.8, 4) is 22.1 Å². The number of carbonyl (C=O) groups is 1. The Morgan fingerprint density at radius 2 is 2.00 bits per heavy atom. The minimum Gasteiger partial charge on any atom is -0.493 e. The zero-order valence-corrected chi connectivity index (χ0v) is 14.8. The molecule has 3 aromatic rings. The Kier molecular flexibility index (Phi) is 5.30. The van der Waals surface area contributed by atoms with Crippen molar-refractivity contribution in [1.82, 2.24) is 10.3 Å². The van der Waals surface area contributed by atoms with E-state index in [1.165, 1.54) is 7.11 Å². The van der Waals surface area contributed by atoms with Gasteiger partial charge in [-0.15, -0.1) is 11.3 Å². The van der Waals surface area contributed by atoms with Crippen molar-refractivity contribution < 1.29 is 14.3 Å². The van der Waals surface area contributed by atoms with Gasteiger partial charge >= 0.3 is 0 Å². The van der Waals surface area contributed by atoms with E-state index in [4.69, 9.17) is 9.47 Å². The van der Waals surface area contributed by atoms with Crippen molar-refractivity contribution in [3.63, 3.8) is 0 Å². The third kappa shape index (κ3) is 3.64. The molecule has 2 heterocycles. The van der Waals surface area contributed by atoms with E-state index in [0.717, 1.165) is 16.1 Å². The van der Waals surface area contributed by atoms with Crippen molar-refractivity contribution in [2.75, 3.05) is 14.2 Å². The molecule has 25 heavy (non-hydrogen) atoms. The molecule has 128 valence electrons. The highest BCUT2D eigenvalue weighted by molar-refractivity contribution is 7.13. The monoisotopic (exact) mass is 354 g/mol. The molecule has 0 fully saturated rings. The van der Waals surface area contributed by atoms with Gasteiger partial charge in [-0.05, 0) is 35.2 Å². The number of rotatable bonds is 6. The van der Waals surface area contributed by atoms with E-state index in [-0.39, 0.29) is 5.91 Å². The van der Waals surface area contributed by atoms with Crippen molar-refractivity contribution in [2.24, 2.45) is 0 Å². The van der Waals surface area contributed by atoms with E-state index in [2.05, 4.69) is 10.3 Å². The number of thiophene rings is 1. The molecule has 3 rings (SSSR count). The highest BCUT2D eigenvalue weighted by atomic mass is 32.1. The number of amides is 1. The summed E-state index contributed by atoms with van der Waals surface area (Å²) in [6.45, 7) is 0.375. The second-order valence-electron chi connectivity index (χ2n) is 5.21. The number of nitrogens with zero attached hydrogens (tertiary/aromatic N) is 1. The molecule has 0 aliphatic rings. The van der Waals surface area contributed by atoms with Crippen molar-refractivity contribution in [2.45, 2.75) is 6.54 Å². The summed E-state index contributed by atoms with van der Waals surface area (Å²) in [6, 6.07) is 13.1. The van der Waals surface area contributed by atoms with Gasteiger partial charge in [0.25, 0.3) is 5.91 Å². The van der Waals surface area contributed by atoms with Gasteiger partial charge in [0.1, 0.15) is 0 Å². The molecule has 0 unspecified atom stereocenters. The highest BCUT2D eigenvalue weighted by Crippen LogP contribution is 2.31. The van der Waals surface area contributed by atoms with Crippen LogP contribution in [0, 0.1) is 0 Å². The van der Waals surface area contributed by atoms with Gasteiger partial charge in [0, 0.05) is 12.7 Å². The van der Waals surface area contributed by atoms with Gasteiger partial charge in [-0.1, -0.05) is 18.2 Å². The summed E-state index contributed by atoms with van der Waals surface area (Å²) in [7, 11) is 3.06. The third-order valence-corrected chi connectivity index (χ3v) is 4.61. The van der Waals surface area contributed by atoms with Crippen LogP contribution in [-0.2, 0) is 6.54 Å². The molecule has 0 aliphatic heterocycles. The first-order chi connectivity index (χ1) is 12.2. The third-order valence-electron chi connectivity index (χ3n) is 3.73. The molecule has 2 aromatic heterocycles. The topological polar surface area (TPSA) is 60.5 Å². The highest BCUT2D eigenvalue weighted by Gasteiger charge is 2.17. The maximum atomic E-state index is 12.6. The van der Waals surface area contributed by atoms with Crippen LogP contribution in [0.25, 0.3) is 10.6 Å². The lowest BCUT2D eigenvalue weighted by atomic mass is 10.1. The van der Waals surface area contributed by atoms with Gasteiger partial charge in [0.05, 0.1) is 30.4 Å². The van der Waals surface area contributed by atoms with Crippen LogP contribution >= 0.6 is 11.3 Å². The number of carbonyl (C=O) groups excluding carboxylic acids is 1. The summed E-state index contributed by atoms with van der Waals surface area (Å²) in [6.07, 6.45) is 1.76. The summed E-state index contributed by atoms with van der Waals surface area (Å²) in [5, 5.41) is 4.94. The standard InChI is InChI=1S/C19H18N2O3S/c1-23-15-8-3-7-14(18(15)24-2)19(22)21-12-13-6-4-10-20-17(13)16-9-5-11-25-16/h3-11H,12H2,1-2H3,(H,21,22). The van der Waals surface area contributed by atoms with Crippen molar-refractivity contribution in [3.05, 3.63) is 65.2 Å². The maximum Gasteiger partial charge on any atom is 0.255 e. The molecule has 0 spiro atoms. The zero-order chi connectivity index (χ0) is 17.6. The molecule has 6 heteroatoms. The maximum absolute atomic E-state index is 12.6. The fraction of sp³-hybridized carbons (Fsp3) is 0.158. The lowest BCUT2D eigenvalue weighted by Gasteiger charge is -2.13. The zero-order valence-electron chi connectivity index (χ0n) is 14.0. The van der Waals surface area contributed by atoms with Crippen LogP contribution in [0.15, 0.2) is 54.0 Å². The van der Waals surface area contributed by atoms with Crippen LogP contribution in [0.4, 0.5) is 0 Å². The number of hydrogen-bond donors (Lipinski definition) is 1. The van der Waals surface area contributed by atoms with Gasteiger partial charge in [0.2, 0.25) is 0 Å². The molecule has 1 aromatic carbocycles. The Hall–Kier alpha value is -2.86. The van der Waals surface area contributed by atoms with Crippen LogP contribution in [-0.4, -0.2) is 25.1 Å². The molecule has 0 radical (unpaired) electrons. The van der Waals surface area contributed by atoms with Gasteiger partial charge in [0.15, 0.2) is 11.5 Å². The summed E-state index contributed by atoms with van der Waals surface area (Å²) in [5.41, 5.74) is 2.28. The quantitative estimate of drug-likeness (QED) is 0.732. The van der Waals surface area contributed by atoms with Crippen molar-refractivity contribution in [1.29, 1.82) is 0 Å². The number of ether oxygens (including phenoxy) is 2. The SMILES string of the molecule is COc1cccc(C(=O)NCc2cccnc2-c2cccs2)c1OC. The van der Waals surface area contributed by atoms with Crippen LogP contribution < -0.4 is 14.8 Å². The van der Waals surface area contributed by atoms with Gasteiger partial charge in [-0.2, -0.15) is 0 Å². The number of methoxy groups -OCH3 is 2. The van der Waals surface area contributed by atoms with E-state index in [9.17, 15) is 4.79 Å². The average molecular weight is 354 g/mol. The van der Waals surface area contributed by atoms with Crippen LogP contribution in [0.1, 0.15) is 15.9 Å². The predicted octanol–water partition coefficient (Wildman–Crippen LogP) is 3.76. The molecule has 1 N–H and O–H groups in total. The summed E-state index contributed by atoms with van der Waals surface area (Å²) < 4.78 is 10.6. The Balaban J connectivity index is 1.80. The number of aromatic nitrogens is 1. The number of nitrogens with one attached hydrogen (secondary N) is 1. The molecule has 5 nitrogen and oxygen atoms in total. The molecule has 0 atom stereocenters. The summed E-state index contributed by atoms with van der Waals surface area (Å²) in [5.74, 6) is 0.722. The van der Waals surface area contributed by atoms with Gasteiger partial charge < -0.3 is 14.8 Å². The van der Waals surface area contributed by atoms with Gasteiger partial charge in [-0.25, -0.2) is 0 Å². The fourth-order valence-electron chi connectivity index (χ4n) is 2.55. The Labute approximate surface area is 150 Å². The summed E-state index contributed by atoms with van der Waals surface area (Å²) in [4.78, 5) is 18.1. The Bertz CT molecular complexity index is 863. The van der Waals surface area contributed by atoms with Crippen LogP contribution in [0.5, 0.6) is 11.5 Å². The molecule has 0 bridgehead atoms. The van der Waals surface area contributed by atoms with E-state index in [1.807, 2.05) is 29.6 Å². The molecule has 0 aliphatic carbocycles. The van der Waals surface area contributed by atoms with E-state index in [0.29, 0.717) is 23.6 Å². The molecular formula is C19H18N2O3S. The first kappa shape index (κ1) is 17.0. The molecule has 0 saturated heterocycles. The molecule has 0 saturated carbocycles. The minimum atomic E-state index is -0.225. The predicted molar refractivity (Wildman–Crippen MR) is 98.3 cm³/mol. The van der Waals surface area contributed by atoms with E-state index >= 15 is 0 Å². The van der Waals surface area contributed by atoms with E-state index < -0.39 is 0 Å². The first-order valence-electron chi connectivity index (χ1n) is 7.71. The lowest BCUT2D eigenvalue weighted by Crippen LogP contribution is -2.24. The molecule has 1 amide bonds. The largest absolute Gasteiger partial charge is 0.493 e. The van der Waals surface area contributed by atoms with Crippen molar-refractivity contribution >= 4 is 17.2 Å². The summed E-state index contributed by atoms with van der Waals surface area (Å²) >= 11 is 1.62. The number of benzene rings is 1. The average Bonchev–Trinajstić information content (AvgIpc) is 3.20. The lowest BCUT2D eigenvalue weighted by molar-refractivity contribution is 0.0947. The van der Waals surface area contributed by atoms with Crippen LogP contribution in [0.2, 0.25) is 0 Å². The number of para-hydroxylation sites is 1. The smallest absolute Gasteiger partial charge is 0.255 e. The second-order valence-corrected chi connectivity index (χ2v) is 6.16. The Morgan fingerprint density at radius 1 is 1.12 bits per heavy atom. The number of hydrogen-bond acceptors (Lipinski definition) is 5. The molecular weight excluding hydrogens is 336 g/mol. The van der Waals surface area contributed by atoms with Gasteiger partial charge in [-0.3, -0.25) is 9.78 Å². The normalized spacial score (nSPS) is 10.3. The Morgan fingerprint density at radius 3 is 2.72 bits per heavy atom. The van der Waals surface area contributed by atoms with E-state index in [1.54, 1.807) is 42.8 Å².